The second-order valence-electron chi connectivity index (χ2n) is 9.27. The van der Waals surface area contributed by atoms with Crippen molar-refractivity contribution in [2.24, 2.45) is 0 Å². The molecule has 0 aliphatic rings. The fraction of sp³-hybridized carbons (Fsp3) is 0.0667. The molecule has 0 aliphatic heterocycles. The molecule has 0 amide bonds. The summed E-state index contributed by atoms with van der Waals surface area (Å²) >= 11 is 0. The number of carbonyl (C=O) groups is 1. The van der Waals surface area contributed by atoms with Crippen molar-refractivity contribution in [1.29, 1.82) is 0 Å². The Morgan fingerprint density at radius 1 is 0.829 bits per heavy atom. The van der Waals surface area contributed by atoms with Gasteiger partial charge in [-0.1, -0.05) is 42.5 Å². The van der Waals surface area contributed by atoms with Gasteiger partial charge < -0.3 is 10.1 Å². The van der Waals surface area contributed by atoms with Gasteiger partial charge in [0.1, 0.15) is 5.75 Å². The van der Waals surface area contributed by atoms with Crippen molar-refractivity contribution in [1.82, 2.24) is 19.8 Å². The summed E-state index contributed by atoms with van der Waals surface area (Å²) in [4.78, 5) is 11.6. The topological polar surface area (TPSA) is 128 Å². The highest BCUT2D eigenvalue weighted by Crippen LogP contribution is 2.30. The van der Waals surface area contributed by atoms with Crippen LogP contribution in [0.1, 0.15) is 17.3 Å². The van der Waals surface area contributed by atoms with Crippen LogP contribution in [0, 0.1) is 0 Å². The molecule has 4 aromatic carbocycles. The molecule has 2 heterocycles. The molecule has 0 bridgehead atoms. The average molecular weight is 565 g/mol. The Hall–Kier alpha value is -5.29. The SMILES string of the molecule is COc1ccc(-c2nnc3c4ccccc4c(Nc4cccc(NS(=O)(=O)c5ccc(C(C)=O)cc5)c4)nn23)cc1. The predicted molar refractivity (Wildman–Crippen MR) is 157 cm³/mol. The molecule has 2 N–H and O–H groups in total. The summed E-state index contributed by atoms with van der Waals surface area (Å²) in [5.74, 6) is 1.70. The first kappa shape index (κ1) is 26.0. The minimum absolute atomic E-state index is 0.0534. The number of nitrogens with zero attached hydrogens (tertiary/aromatic N) is 4. The van der Waals surface area contributed by atoms with E-state index in [-0.39, 0.29) is 10.7 Å². The van der Waals surface area contributed by atoms with Crippen molar-refractivity contribution in [2.75, 3.05) is 17.1 Å². The van der Waals surface area contributed by atoms with Crippen LogP contribution in [0.25, 0.3) is 27.8 Å². The van der Waals surface area contributed by atoms with Gasteiger partial charge in [0.2, 0.25) is 0 Å². The summed E-state index contributed by atoms with van der Waals surface area (Å²) < 4.78 is 35.6. The first-order valence-corrected chi connectivity index (χ1v) is 14.1. The second kappa shape index (κ2) is 10.4. The maximum Gasteiger partial charge on any atom is 0.261 e. The van der Waals surface area contributed by atoms with Gasteiger partial charge in [0.15, 0.2) is 23.1 Å². The molecule has 0 aliphatic carbocycles. The van der Waals surface area contributed by atoms with Crippen LogP contribution in [-0.2, 0) is 10.0 Å². The van der Waals surface area contributed by atoms with Gasteiger partial charge in [-0.15, -0.1) is 15.3 Å². The zero-order valence-corrected chi connectivity index (χ0v) is 22.9. The van der Waals surface area contributed by atoms with Gasteiger partial charge in [0.05, 0.1) is 17.7 Å². The number of carbonyl (C=O) groups excluding carboxylic acids is 1. The minimum Gasteiger partial charge on any atom is -0.497 e. The Morgan fingerprint density at radius 3 is 2.24 bits per heavy atom. The largest absolute Gasteiger partial charge is 0.497 e. The van der Waals surface area contributed by atoms with Crippen LogP contribution in [0.3, 0.4) is 0 Å². The van der Waals surface area contributed by atoms with Crippen LogP contribution in [0.15, 0.2) is 102 Å². The summed E-state index contributed by atoms with van der Waals surface area (Å²) in [5.41, 5.74) is 2.84. The van der Waals surface area contributed by atoms with Gasteiger partial charge >= 0.3 is 0 Å². The molecule has 41 heavy (non-hydrogen) atoms. The number of rotatable bonds is 8. The van der Waals surface area contributed by atoms with Crippen LogP contribution in [0.2, 0.25) is 0 Å². The zero-order chi connectivity index (χ0) is 28.6. The number of hydrogen-bond acceptors (Lipinski definition) is 8. The number of ketones is 1. The van der Waals surface area contributed by atoms with E-state index in [9.17, 15) is 13.2 Å². The smallest absolute Gasteiger partial charge is 0.261 e. The van der Waals surface area contributed by atoms with Crippen LogP contribution in [-0.4, -0.2) is 41.1 Å². The van der Waals surface area contributed by atoms with E-state index in [0.29, 0.717) is 34.2 Å². The number of hydrogen-bond donors (Lipinski definition) is 2. The third-order valence-electron chi connectivity index (χ3n) is 6.56. The Morgan fingerprint density at radius 2 is 1.54 bits per heavy atom. The first-order chi connectivity index (χ1) is 19.8. The summed E-state index contributed by atoms with van der Waals surface area (Å²) in [6.45, 7) is 1.43. The number of benzene rings is 4. The number of Topliss-reactive ketones (excluding diaryl/α,β-unsaturated/α-hetero) is 1. The molecule has 204 valence electrons. The van der Waals surface area contributed by atoms with E-state index in [4.69, 9.17) is 9.84 Å². The normalized spacial score (nSPS) is 11.5. The van der Waals surface area contributed by atoms with Gasteiger partial charge in [0.25, 0.3) is 10.0 Å². The lowest BCUT2D eigenvalue weighted by Gasteiger charge is -2.13. The maximum absolute atomic E-state index is 13.0. The highest BCUT2D eigenvalue weighted by atomic mass is 32.2. The van der Waals surface area contributed by atoms with Gasteiger partial charge in [-0.2, -0.15) is 4.52 Å². The van der Waals surface area contributed by atoms with Crippen LogP contribution in [0.4, 0.5) is 17.2 Å². The van der Waals surface area contributed by atoms with Crippen molar-refractivity contribution >= 4 is 49.4 Å². The quantitative estimate of drug-likeness (QED) is 0.225. The highest BCUT2D eigenvalue weighted by Gasteiger charge is 2.17. The molecule has 6 rings (SSSR count). The van der Waals surface area contributed by atoms with E-state index in [1.165, 1.54) is 31.2 Å². The van der Waals surface area contributed by atoms with Crippen molar-refractivity contribution in [3.8, 4) is 17.1 Å². The lowest BCUT2D eigenvalue weighted by atomic mass is 10.1. The van der Waals surface area contributed by atoms with Crippen molar-refractivity contribution in [2.45, 2.75) is 11.8 Å². The fourth-order valence-corrected chi connectivity index (χ4v) is 5.52. The molecule has 0 spiro atoms. The minimum atomic E-state index is -3.88. The van der Waals surface area contributed by atoms with E-state index in [2.05, 4.69) is 20.2 Å². The number of sulfonamides is 1. The molecule has 0 unspecified atom stereocenters. The van der Waals surface area contributed by atoms with Gasteiger partial charge in [-0.05, 0) is 61.5 Å². The summed E-state index contributed by atoms with van der Waals surface area (Å²) in [6.07, 6.45) is 0. The molecule has 6 aromatic rings. The first-order valence-electron chi connectivity index (χ1n) is 12.6. The Labute approximate surface area is 235 Å². The molecule has 0 fully saturated rings. The van der Waals surface area contributed by atoms with E-state index < -0.39 is 10.0 Å². The number of nitrogens with one attached hydrogen (secondary N) is 2. The lowest BCUT2D eigenvalue weighted by molar-refractivity contribution is 0.101. The number of anilines is 3. The Kier molecular flexibility index (Phi) is 6.56. The predicted octanol–water partition coefficient (Wildman–Crippen LogP) is 5.70. The number of fused-ring (bicyclic) bond motifs is 3. The third kappa shape index (κ3) is 5.06. The standard InChI is InChI=1S/C30H24N6O4S/c1-19(37)20-12-16-25(17-13-20)41(38,39)35-23-7-5-6-22(18-23)31-28-26-8-3-4-9-27(26)30-33-32-29(36(30)34-28)21-10-14-24(40-2)15-11-21/h3-18,35H,1-2H3,(H,31,34). The fourth-order valence-electron chi connectivity index (χ4n) is 4.47. The van der Waals surface area contributed by atoms with Crippen LogP contribution < -0.4 is 14.8 Å². The van der Waals surface area contributed by atoms with Crippen molar-refractivity contribution < 1.29 is 17.9 Å². The van der Waals surface area contributed by atoms with E-state index in [0.717, 1.165) is 22.1 Å². The van der Waals surface area contributed by atoms with Crippen molar-refractivity contribution in [3.05, 3.63) is 103 Å². The molecule has 11 heteroatoms. The summed E-state index contributed by atoms with van der Waals surface area (Å²) in [5, 5.41) is 18.7. The van der Waals surface area contributed by atoms with Crippen molar-refractivity contribution in [3.63, 3.8) is 0 Å². The van der Waals surface area contributed by atoms with Crippen LogP contribution >= 0.6 is 0 Å². The number of aromatic nitrogens is 4. The summed E-state index contributed by atoms with van der Waals surface area (Å²) in [6, 6.07) is 27.9. The lowest BCUT2D eigenvalue weighted by Crippen LogP contribution is -2.13. The number of methoxy groups -OCH3 is 1. The average Bonchev–Trinajstić information content (AvgIpc) is 3.41. The molecule has 0 atom stereocenters. The monoisotopic (exact) mass is 564 g/mol. The molecule has 2 aromatic heterocycles. The van der Waals surface area contributed by atoms with E-state index >= 15 is 0 Å². The molecule has 0 saturated carbocycles. The number of ether oxygens (including phenoxy) is 1. The summed E-state index contributed by atoms with van der Waals surface area (Å²) in [7, 11) is -2.27. The molecular formula is C30H24N6O4S. The highest BCUT2D eigenvalue weighted by molar-refractivity contribution is 7.92. The molecule has 10 nitrogen and oxygen atoms in total. The molecule has 0 saturated heterocycles. The Bertz CT molecular complexity index is 2020. The van der Waals surface area contributed by atoms with Gasteiger partial charge in [-0.25, -0.2) is 8.42 Å². The van der Waals surface area contributed by atoms with E-state index in [1.807, 2.05) is 54.6 Å². The van der Waals surface area contributed by atoms with E-state index in [1.54, 1.807) is 29.8 Å². The Balaban J connectivity index is 1.35. The third-order valence-corrected chi connectivity index (χ3v) is 7.96. The van der Waals surface area contributed by atoms with Crippen LogP contribution in [0.5, 0.6) is 5.75 Å². The molecule has 0 radical (unpaired) electrons. The molecular weight excluding hydrogens is 540 g/mol. The second-order valence-corrected chi connectivity index (χ2v) is 11.0. The van der Waals surface area contributed by atoms with Gasteiger partial charge in [0, 0.05) is 27.6 Å². The van der Waals surface area contributed by atoms with Gasteiger partial charge in [-0.3, -0.25) is 9.52 Å². The maximum atomic E-state index is 13.0. The zero-order valence-electron chi connectivity index (χ0n) is 22.1.